The number of carbonyl (C=O) groups is 2. The van der Waals surface area contributed by atoms with Crippen LogP contribution in [0.1, 0.15) is 74.7 Å². The first-order valence-electron chi connectivity index (χ1n) is 16.2. The summed E-state index contributed by atoms with van der Waals surface area (Å²) in [6.45, 7) is 18.6. The van der Waals surface area contributed by atoms with Crippen LogP contribution in [0.15, 0.2) is 12.2 Å². The molecule has 46 heavy (non-hydrogen) atoms. The molecule has 3 heterocycles. The number of cyclic esters (lactones) is 1. The second kappa shape index (κ2) is 16.8. The van der Waals surface area contributed by atoms with Crippen LogP contribution < -0.4 is 0 Å². The fourth-order valence-corrected chi connectivity index (χ4v) is 7.37. The number of fused-ring (bicyclic) bond motifs is 5. The van der Waals surface area contributed by atoms with E-state index in [0.29, 0.717) is 6.42 Å². The number of nitrogens with zero attached hydrogens (tertiary/aromatic N) is 1. The third-order valence-electron chi connectivity index (χ3n) is 10.2. The molecule has 2 N–H and O–H groups in total. The van der Waals surface area contributed by atoms with Crippen molar-refractivity contribution >= 4 is 17.5 Å². The number of esters is 1. The van der Waals surface area contributed by atoms with E-state index in [0.717, 1.165) is 12.0 Å². The molecule has 12 heteroatoms. The molecule has 12 atom stereocenters. The third-order valence-corrected chi connectivity index (χ3v) is 10.2. The van der Waals surface area contributed by atoms with Crippen LogP contribution in [0, 0.1) is 29.1 Å². The second-order valence-electron chi connectivity index (χ2n) is 14.0. The number of hydrogen-bond acceptors (Lipinski definition) is 11. The van der Waals surface area contributed by atoms with E-state index in [2.05, 4.69) is 11.5 Å². The molecule has 3 aliphatic rings. The average molecular weight is 727 g/mol. The van der Waals surface area contributed by atoms with Crippen molar-refractivity contribution in [1.29, 1.82) is 5.41 Å². The molecule has 3 saturated heterocycles. The van der Waals surface area contributed by atoms with E-state index in [9.17, 15) is 14.7 Å². The largest absolute Gasteiger partial charge is 0.481 e. The second-order valence-corrected chi connectivity index (χ2v) is 14.0. The van der Waals surface area contributed by atoms with Gasteiger partial charge in [-0.1, -0.05) is 39.8 Å². The predicted molar refractivity (Wildman–Crippen MR) is 170 cm³/mol. The van der Waals surface area contributed by atoms with Crippen LogP contribution in [0.2, 0.25) is 0 Å². The molecule has 0 spiro atoms. The molecule has 11 nitrogen and oxygen atoms in total. The summed E-state index contributed by atoms with van der Waals surface area (Å²) in [5, 5.41) is 20.6. The Kier molecular flexibility index (Phi) is 15.1. The van der Waals surface area contributed by atoms with E-state index in [4.69, 9.17) is 33.8 Å². The number of Topliss-reactive ketones (excluding diaryl/α,β-unsaturated/α-hetero) is 1. The molecule has 3 fully saturated rings. The van der Waals surface area contributed by atoms with Gasteiger partial charge in [-0.3, -0.25) is 4.79 Å². The van der Waals surface area contributed by atoms with Crippen LogP contribution in [-0.2, 0) is 70.7 Å². The van der Waals surface area contributed by atoms with Gasteiger partial charge in [0.1, 0.15) is 17.8 Å². The molecular weight excluding hydrogens is 669 g/mol. The maximum Gasteiger partial charge on any atom is 0.186 e. The third kappa shape index (κ3) is 8.88. The van der Waals surface area contributed by atoms with E-state index in [1.807, 2.05) is 41.8 Å². The zero-order valence-corrected chi connectivity index (χ0v) is 32.6. The molecule has 261 valence electrons. The van der Waals surface area contributed by atoms with E-state index in [1.54, 1.807) is 27.9 Å². The van der Waals surface area contributed by atoms with Gasteiger partial charge < -0.3 is 48.6 Å². The number of aliphatic hydroxyl groups is 1. The van der Waals surface area contributed by atoms with Gasteiger partial charge in [-0.15, -0.1) is 0 Å². The first-order chi connectivity index (χ1) is 20.9. The van der Waals surface area contributed by atoms with Gasteiger partial charge in [-0.05, 0) is 60.0 Å². The van der Waals surface area contributed by atoms with Crippen LogP contribution >= 0.6 is 0 Å². The van der Waals surface area contributed by atoms with Crippen molar-refractivity contribution in [2.24, 2.45) is 17.8 Å². The molecule has 0 aromatic rings. The molecule has 2 bridgehead atoms. The van der Waals surface area contributed by atoms with Gasteiger partial charge in [0.25, 0.3) is 0 Å². The SMILES string of the molecule is C=C1[C@H](C)C[C@@]2(C)OCC(=N)CO[C@H]([C@H]1C)[C@](C)(O)[C@@H](CC)OC(=O)[C-](C)C(=O)[C@H](C)[C@H]2OC1O[C@H](C)C[C@H](N(C)C)[C@H]1OC.[Y]. The van der Waals surface area contributed by atoms with E-state index >= 15 is 0 Å². The van der Waals surface area contributed by atoms with Crippen molar-refractivity contribution < 1.29 is 75.8 Å². The Labute approximate surface area is 301 Å². The number of ketones is 1. The van der Waals surface area contributed by atoms with Gasteiger partial charge in [-0.2, -0.15) is 6.92 Å². The number of rotatable bonds is 5. The zero-order valence-electron chi connectivity index (χ0n) is 29.8. The molecule has 1 unspecified atom stereocenters. The van der Waals surface area contributed by atoms with Crippen molar-refractivity contribution in [3.8, 4) is 0 Å². The van der Waals surface area contributed by atoms with Crippen LogP contribution in [0.5, 0.6) is 0 Å². The predicted octanol–water partition coefficient (Wildman–Crippen LogP) is 3.75. The number of methoxy groups -OCH3 is 1. The van der Waals surface area contributed by atoms with Crippen LogP contribution in [0.4, 0.5) is 0 Å². The normalized spacial score (nSPS) is 42.1. The van der Waals surface area contributed by atoms with Gasteiger partial charge in [0.15, 0.2) is 12.3 Å². The number of likely N-dealkylation sites (N-methyl/N-ethyl adjacent to an activating group) is 1. The van der Waals surface area contributed by atoms with Crippen LogP contribution in [-0.4, -0.2) is 116 Å². The Balaban J connectivity index is 0.00000736. The van der Waals surface area contributed by atoms with Gasteiger partial charge in [0.05, 0.1) is 42.8 Å². The molecule has 0 aromatic heterocycles. The summed E-state index contributed by atoms with van der Waals surface area (Å²) in [6, 6.07) is -0.0154. The molecule has 0 aliphatic carbocycles. The average Bonchev–Trinajstić information content (AvgIpc) is 2.99. The molecule has 0 saturated carbocycles. The van der Waals surface area contributed by atoms with Crippen molar-refractivity contribution in [2.75, 3.05) is 34.4 Å². The Hall–Kier alpha value is -0.756. The van der Waals surface area contributed by atoms with Gasteiger partial charge >= 0.3 is 0 Å². The minimum Gasteiger partial charge on any atom is -0.481 e. The molecular formula is C34H57N2O9Y-. The van der Waals surface area contributed by atoms with Crippen molar-refractivity contribution in [1.82, 2.24) is 4.90 Å². The first-order valence-corrected chi connectivity index (χ1v) is 16.2. The fraction of sp³-hybridized carbons (Fsp3) is 0.824. The first kappa shape index (κ1) is 41.4. The molecule has 3 rings (SSSR count). The topological polar surface area (TPSA) is 137 Å². The minimum absolute atomic E-state index is 0. The Morgan fingerprint density at radius 3 is 2.33 bits per heavy atom. The molecule has 3 aliphatic heterocycles. The number of nitrogens with one attached hydrogen (secondary N) is 1. The number of ether oxygens (including phenoxy) is 6. The Morgan fingerprint density at radius 2 is 1.76 bits per heavy atom. The smallest absolute Gasteiger partial charge is 0.186 e. The summed E-state index contributed by atoms with van der Waals surface area (Å²) in [4.78, 5) is 29.7. The standard InChI is InChI=1S/C34H57N2O9.Y/c1-13-26-34(9,39)30-21(5)20(4)18(2)15-33(8,42-17-24(35)16-41-30)29(22(6)27(37)23(7)31(38)44-26)45-32-28(40-12)25(36(10)11)14-19(3)43-32;/h18-19,21-22,25-26,28-30,32,35,39H,4,13-17H2,1-3,5-12H3;/q-1;/t18-,19-,21+,22+,25+,26-,28-,29-,30-,32?,33-,34-;/m1./s1. The quantitative estimate of drug-likeness (QED) is 0.245. The Morgan fingerprint density at radius 1 is 1.13 bits per heavy atom. The summed E-state index contributed by atoms with van der Waals surface area (Å²) < 4.78 is 37.8. The summed E-state index contributed by atoms with van der Waals surface area (Å²) in [5.41, 5.74) is -1.85. The Bertz CT molecular complexity index is 1090. The maximum atomic E-state index is 14.1. The summed E-state index contributed by atoms with van der Waals surface area (Å²) in [6.07, 6.45) is -2.86. The zero-order chi connectivity index (χ0) is 34.0. The summed E-state index contributed by atoms with van der Waals surface area (Å²) in [5.74, 6) is -2.84. The number of carbonyl (C=O) groups excluding carboxylic acids is 2. The van der Waals surface area contributed by atoms with Crippen molar-refractivity contribution in [3.05, 3.63) is 18.1 Å². The van der Waals surface area contributed by atoms with Gasteiger partial charge in [0.2, 0.25) is 0 Å². The van der Waals surface area contributed by atoms with Crippen molar-refractivity contribution in [3.63, 3.8) is 0 Å². The molecule has 0 amide bonds. The monoisotopic (exact) mass is 726 g/mol. The molecule has 1 radical (unpaired) electrons. The van der Waals surface area contributed by atoms with Gasteiger partial charge in [0, 0.05) is 63.5 Å². The van der Waals surface area contributed by atoms with E-state index in [-0.39, 0.29) is 88.0 Å². The van der Waals surface area contributed by atoms with E-state index in [1.165, 1.54) is 6.92 Å². The van der Waals surface area contributed by atoms with Crippen LogP contribution in [0.25, 0.3) is 0 Å². The number of hydrogen-bond donors (Lipinski definition) is 2. The fourth-order valence-electron chi connectivity index (χ4n) is 7.37. The van der Waals surface area contributed by atoms with Crippen molar-refractivity contribution in [2.45, 2.75) is 129 Å². The van der Waals surface area contributed by atoms with Crippen LogP contribution in [0.3, 0.4) is 0 Å². The summed E-state index contributed by atoms with van der Waals surface area (Å²) >= 11 is 0. The maximum absolute atomic E-state index is 14.1. The molecule has 0 aromatic carbocycles. The minimum atomic E-state index is -1.65. The van der Waals surface area contributed by atoms with Gasteiger partial charge in [-0.25, -0.2) is 5.92 Å². The summed E-state index contributed by atoms with van der Waals surface area (Å²) in [7, 11) is 5.57. The van der Waals surface area contributed by atoms with E-state index < -0.39 is 59.6 Å².